The van der Waals surface area contributed by atoms with Gasteiger partial charge in [-0.05, 0) is 38.5 Å². The van der Waals surface area contributed by atoms with Gasteiger partial charge in [0.05, 0.1) is 6.61 Å². The first-order valence-corrected chi connectivity index (χ1v) is 4.71. The van der Waals surface area contributed by atoms with Gasteiger partial charge in [0, 0.05) is 6.20 Å². The molecule has 0 atom stereocenters. The molecule has 0 bridgehead atoms. The second-order valence-electron chi connectivity index (χ2n) is 4.21. The summed E-state index contributed by atoms with van der Waals surface area (Å²) >= 11 is 0. The van der Waals surface area contributed by atoms with E-state index in [2.05, 4.69) is 4.98 Å². The molecule has 0 unspecified atom stereocenters. The Kier molecular flexibility index (Phi) is 3.42. The van der Waals surface area contributed by atoms with Crippen LogP contribution in [-0.4, -0.2) is 21.7 Å². The molecular weight excluding hydrogens is 194 g/mol. The van der Waals surface area contributed by atoms with Crippen molar-refractivity contribution < 1.29 is 14.6 Å². The Labute approximate surface area is 88.9 Å². The van der Waals surface area contributed by atoms with E-state index in [0.717, 1.165) is 0 Å². The first-order chi connectivity index (χ1) is 6.92. The molecule has 82 valence electrons. The lowest BCUT2D eigenvalue weighted by molar-refractivity contribution is 0.00626. The molecule has 0 aliphatic heterocycles. The lowest BCUT2D eigenvalue weighted by Gasteiger charge is -2.19. The number of esters is 1. The number of ether oxygens (including phenoxy) is 1. The predicted octanol–water partition coefficient (Wildman–Crippen LogP) is 1.53. The molecule has 4 nitrogen and oxygen atoms in total. The molecule has 4 heteroatoms. The Morgan fingerprint density at radius 1 is 1.53 bits per heavy atom. The number of aliphatic hydroxyl groups excluding tert-OH is 1. The van der Waals surface area contributed by atoms with E-state index in [9.17, 15) is 4.79 Å². The van der Waals surface area contributed by atoms with Crippen LogP contribution in [0.3, 0.4) is 0 Å². The third-order valence-corrected chi connectivity index (χ3v) is 1.61. The minimum atomic E-state index is -0.534. The molecule has 1 aromatic heterocycles. The molecule has 1 heterocycles. The minimum Gasteiger partial charge on any atom is -0.455 e. The minimum absolute atomic E-state index is 0.113. The maximum Gasteiger partial charge on any atom is 0.357 e. The van der Waals surface area contributed by atoms with Gasteiger partial charge in [-0.1, -0.05) is 0 Å². The van der Waals surface area contributed by atoms with Crippen LogP contribution in [0.25, 0.3) is 0 Å². The quantitative estimate of drug-likeness (QED) is 0.750. The molecule has 0 aliphatic carbocycles. The number of carbonyl (C=O) groups excluding carboxylic acids is 1. The number of hydrogen-bond donors (Lipinski definition) is 1. The van der Waals surface area contributed by atoms with Crippen molar-refractivity contribution in [1.29, 1.82) is 0 Å². The van der Waals surface area contributed by atoms with Crippen molar-refractivity contribution in [3.05, 3.63) is 29.6 Å². The van der Waals surface area contributed by atoms with E-state index < -0.39 is 11.6 Å². The summed E-state index contributed by atoms with van der Waals surface area (Å²) in [7, 11) is 0. The van der Waals surface area contributed by atoms with Crippen molar-refractivity contribution >= 4 is 5.97 Å². The van der Waals surface area contributed by atoms with Crippen LogP contribution in [0.2, 0.25) is 0 Å². The Morgan fingerprint density at radius 3 is 2.73 bits per heavy atom. The second-order valence-corrected chi connectivity index (χ2v) is 4.21. The van der Waals surface area contributed by atoms with Crippen LogP contribution in [-0.2, 0) is 11.3 Å². The van der Waals surface area contributed by atoms with Gasteiger partial charge >= 0.3 is 5.97 Å². The van der Waals surface area contributed by atoms with E-state index in [0.29, 0.717) is 5.56 Å². The Morgan fingerprint density at radius 2 is 2.20 bits per heavy atom. The lowest BCUT2D eigenvalue weighted by atomic mass is 10.2. The summed E-state index contributed by atoms with van der Waals surface area (Å²) in [6, 6.07) is 3.17. The topological polar surface area (TPSA) is 59.4 Å². The van der Waals surface area contributed by atoms with Crippen LogP contribution in [0.4, 0.5) is 0 Å². The molecule has 1 aromatic rings. The molecule has 1 N–H and O–H groups in total. The molecular formula is C11H15NO3. The number of carbonyl (C=O) groups is 1. The van der Waals surface area contributed by atoms with Crippen molar-refractivity contribution in [2.75, 3.05) is 0 Å². The zero-order valence-corrected chi connectivity index (χ0v) is 9.15. The average Bonchev–Trinajstić information content (AvgIpc) is 2.15. The second kappa shape index (κ2) is 4.40. The van der Waals surface area contributed by atoms with Crippen molar-refractivity contribution in [2.24, 2.45) is 0 Å². The standard InChI is InChI=1S/C11H15NO3/c1-11(2,3)15-10(14)9-6-8(7-13)4-5-12-9/h4-6,13H,7H2,1-3H3. The molecule has 0 fully saturated rings. The van der Waals surface area contributed by atoms with Crippen molar-refractivity contribution in [3.8, 4) is 0 Å². The molecule has 0 saturated heterocycles. The zero-order valence-electron chi connectivity index (χ0n) is 9.15. The van der Waals surface area contributed by atoms with Gasteiger partial charge in [0.15, 0.2) is 0 Å². The molecule has 0 amide bonds. The lowest BCUT2D eigenvalue weighted by Crippen LogP contribution is -2.24. The average molecular weight is 209 g/mol. The van der Waals surface area contributed by atoms with E-state index in [4.69, 9.17) is 9.84 Å². The van der Waals surface area contributed by atoms with E-state index >= 15 is 0 Å². The van der Waals surface area contributed by atoms with E-state index in [1.807, 2.05) is 0 Å². The Bertz CT molecular complexity index is 355. The summed E-state index contributed by atoms with van der Waals surface area (Å²) in [6.07, 6.45) is 1.48. The SMILES string of the molecule is CC(C)(C)OC(=O)c1cc(CO)ccn1. The van der Waals surface area contributed by atoms with Gasteiger partial charge in [0.2, 0.25) is 0 Å². The van der Waals surface area contributed by atoms with Gasteiger partial charge in [0.25, 0.3) is 0 Å². The van der Waals surface area contributed by atoms with E-state index in [-0.39, 0.29) is 12.3 Å². The smallest absolute Gasteiger partial charge is 0.357 e. The number of rotatable bonds is 2. The molecule has 0 radical (unpaired) electrons. The highest BCUT2D eigenvalue weighted by molar-refractivity contribution is 5.87. The molecule has 15 heavy (non-hydrogen) atoms. The van der Waals surface area contributed by atoms with Gasteiger partial charge in [0.1, 0.15) is 11.3 Å². The summed E-state index contributed by atoms with van der Waals surface area (Å²) in [5, 5.41) is 8.90. The van der Waals surface area contributed by atoms with Gasteiger partial charge < -0.3 is 9.84 Å². The summed E-state index contributed by atoms with van der Waals surface area (Å²) in [4.78, 5) is 15.4. The Balaban J connectivity index is 2.82. The van der Waals surface area contributed by atoms with Crippen LogP contribution >= 0.6 is 0 Å². The van der Waals surface area contributed by atoms with Crippen molar-refractivity contribution in [2.45, 2.75) is 33.0 Å². The number of pyridine rings is 1. The first kappa shape index (κ1) is 11.7. The van der Waals surface area contributed by atoms with Crippen LogP contribution in [0, 0.1) is 0 Å². The normalized spacial score (nSPS) is 11.2. The molecule has 0 saturated carbocycles. The third kappa shape index (κ3) is 3.67. The molecule has 1 rings (SSSR count). The van der Waals surface area contributed by atoms with Crippen molar-refractivity contribution in [1.82, 2.24) is 4.98 Å². The van der Waals surface area contributed by atoms with Crippen LogP contribution < -0.4 is 0 Å². The molecule has 0 aliphatic rings. The fourth-order valence-electron chi connectivity index (χ4n) is 1.01. The highest BCUT2D eigenvalue weighted by Gasteiger charge is 2.18. The first-order valence-electron chi connectivity index (χ1n) is 4.71. The maximum absolute atomic E-state index is 11.6. The number of aliphatic hydroxyl groups is 1. The van der Waals surface area contributed by atoms with E-state index in [1.165, 1.54) is 12.3 Å². The summed E-state index contributed by atoms with van der Waals surface area (Å²) < 4.78 is 5.14. The van der Waals surface area contributed by atoms with Crippen molar-refractivity contribution in [3.63, 3.8) is 0 Å². The van der Waals surface area contributed by atoms with Gasteiger partial charge in [-0.15, -0.1) is 0 Å². The van der Waals surface area contributed by atoms with Gasteiger partial charge in [-0.3, -0.25) is 0 Å². The fourth-order valence-corrected chi connectivity index (χ4v) is 1.01. The molecule has 0 spiro atoms. The largest absolute Gasteiger partial charge is 0.455 e. The highest BCUT2D eigenvalue weighted by Crippen LogP contribution is 2.11. The van der Waals surface area contributed by atoms with Crippen LogP contribution in [0.15, 0.2) is 18.3 Å². The highest BCUT2D eigenvalue weighted by atomic mass is 16.6. The maximum atomic E-state index is 11.6. The fraction of sp³-hybridized carbons (Fsp3) is 0.455. The monoisotopic (exact) mass is 209 g/mol. The molecule has 0 aromatic carbocycles. The number of aromatic nitrogens is 1. The van der Waals surface area contributed by atoms with Crippen LogP contribution in [0.1, 0.15) is 36.8 Å². The summed E-state index contributed by atoms with van der Waals surface area (Å²) in [5.74, 6) is -0.474. The third-order valence-electron chi connectivity index (χ3n) is 1.61. The van der Waals surface area contributed by atoms with Gasteiger partial charge in [-0.2, -0.15) is 0 Å². The summed E-state index contributed by atoms with van der Waals surface area (Å²) in [6.45, 7) is 5.26. The van der Waals surface area contributed by atoms with E-state index in [1.54, 1.807) is 26.8 Å². The number of hydrogen-bond acceptors (Lipinski definition) is 4. The van der Waals surface area contributed by atoms with Crippen LogP contribution in [0.5, 0.6) is 0 Å². The number of nitrogens with zero attached hydrogens (tertiary/aromatic N) is 1. The van der Waals surface area contributed by atoms with Gasteiger partial charge in [-0.25, -0.2) is 9.78 Å². The zero-order chi connectivity index (χ0) is 11.5. The predicted molar refractivity (Wildman–Crippen MR) is 55.3 cm³/mol. The summed E-state index contributed by atoms with van der Waals surface area (Å²) in [5.41, 5.74) is 0.330. The Hall–Kier alpha value is -1.42.